The van der Waals surface area contributed by atoms with Crippen LogP contribution in [0.15, 0.2) is 0 Å². The molecule has 15 heavy (non-hydrogen) atoms. The zero-order valence-corrected chi connectivity index (χ0v) is 10.6. The lowest BCUT2D eigenvalue weighted by atomic mass is 10.2. The second-order valence-corrected chi connectivity index (χ2v) is 4.60. The van der Waals surface area contributed by atoms with Gasteiger partial charge in [-0.2, -0.15) is 0 Å². The summed E-state index contributed by atoms with van der Waals surface area (Å²) >= 11 is 0. The molecular formula is C11H25N3O. The molecule has 0 saturated carbocycles. The molecule has 2 N–H and O–H groups in total. The van der Waals surface area contributed by atoms with Crippen LogP contribution < -0.4 is 10.6 Å². The fourth-order valence-corrected chi connectivity index (χ4v) is 1.19. The molecule has 4 heteroatoms. The van der Waals surface area contributed by atoms with E-state index < -0.39 is 0 Å². The van der Waals surface area contributed by atoms with Crippen LogP contribution in [-0.2, 0) is 4.79 Å². The Hall–Kier alpha value is -0.610. The van der Waals surface area contributed by atoms with Crippen molar-refractivity contribution in [3.8, 4) is 0 Å². The van der Waals surface area contributed by atoms with Crippen LogP contribution in [0, 0.1) is 0 Å². The Labute approximate surface area is 93.4 Å². The Kier molecular flexibility index (Phi) is 7.34. The molecule has 0 aromatic heterocycles. The van der Waals surface area contributed by atoms with E-state index in [1.165, 1.54) is 0 Å². The molecule has 90 valence electrons. The zero-order chi connectivity index (χ0) is 11.8. The van der Waals surface area contributed by atoms with Gasteiger partial charge in [0.1, 0.15) is 0 Å². The van der Waals surface area contributed by atoms with Gasteiger partial charge in [-0.15, -0.1) is 0 Å². The van der Waals surface area contributed by atoms with E-state index in [0.717, 1.165) is 13.0 Å². The van der Waals surface area contributed by atoms with Gasteiger partial charge in [0.2, 0.25) is 5.91 Å². The lowest BCUT2D eigenvalue weighted by molar-refractivity contribution is -0.120. The van der Waals surface area contributed by atoms with Gasteiger partial charge >= 0.3 is 0 Å². The fourth-order valence-electron chi connectivity index (χ4n) is 1.19. The molecular weight excluding hydrogens is 190 g/mol. The van der Waals surface area contributed by atoms with Crippen molar-refractivity contribution in [1.29, 1.82) is 0 Å². The summed E-state index contributed by atoms with van der Waals surface area (Å²) in [6.07, 6.45) is 1.06. The number of nitrogens with one attached hydrogen (secondary N) is 2. The minimum Gasteiger partial charge on any atom is -0.353 e. The summed E-state index contributed by atoms with van der Waals surface area (Å²) in [7, 11) is 4.11. The van der Waals surface area contributed by atoms with Crippen molar-refractivity contribution in [2.75, 3.05) is 27.2 Å². The molecule has 0 heterocycles. The molecule has 0 spiro atoms. The monoisotopic (exact) mass is 215 g/mol. The van der Waals surface area contributed by atoms with E-state index in [2.05, 4.69) is 36.6 Å². The average molecular weight is 215 g/mol. The molecule has 0 aliphatic carbocycles. The van der Waals surface area contributed by atoms with Crippen molar-refractivity contribution in [3.05, 3.63) is 0 Å². The minimum atomic E-state index is 0.0710. The molecule has 0 fully saturated rings. The Bertz CT molecular complexity index is 181. The van der Waals surface area contributed by atoms with Gasteiger partial charge in [-0.05, 0) is 47.8 Å². The quantitative estimate of drug-likeness (QED) is 0.648. The van der Waals surface area contributed by atoms with Crippen LogP contribution in [-0.4, -0.2) is 50.1 Å². The third-order valence-corrected chi connectivity index (χ3v) is 2.07. The van der Waals surface area contributed by atoms with Crippen LogP contribution in [0.2, 0.25) is 0 Å². The van der Waals surface area contributed by atoms with Crippen LogP contribution in [0.1, 0.15) is 27.2 Å². The lowest BCUT2D eigenvalue weighted by Gasteiger charge is -2.17. The van der Waals surface area contributed by atoms with Crippen molar-refractivity contribution in [2.24, 2.45) is 0 Å². The number of rotatable bonds is 7. The van der Waals surface area contributed by atoms with Crippen LogP contribution in [0.4, 0.5) is 0 Å². The molecule has 4 nitrogen and oxygen atoms in total. The van der Waals surface area contributed by atoms with Gasteiger partial charge in [-0.1, -0.05) is 0 Å². The standard InChI is InChI=1S/C11H25N3O/c1-9(2)13-11(15)8-12-10(3)6-7-14(4)5/h9-10,12H,6-8H2,1-5H3,(H,13,15). The lowest BCUT2D eigenvalue weighted by Crippen LogP contribution is -2.41. The fraction of sp³-hybridized carbons (Fsp3) is 0.909. The van der Waals surface area contributed by atoms with Gasteiger partial charge in [0.05, 0.1) is 6.54 Å². The highest BCUT2D eigenvalue weighted by atomic mass is 16.1. The summed E-state index contributed by atoms with van der Waals surface area (Å²) in [4.78, 5) is 13.5. The predicted molar refractivity (Wildman–Crippen MR) is 63.9 cm³/mol. The highest BCUT2D eigenvalue weighted by Gasteiger charge is 2.06. The smallest absolute Gasteiger partial charge is 0.234 e. The second kappa shape index (κ2) is 7.65. The molecule has 0 rings (SSSR count). The van der Waals surface area contributed by atoms with Crippen molar-refractivity contribution in [2.45, 2.75) is 39.3 Å². The predicted octanol–water partition coefficient (Wildman–Crippen LogP) is 0.441. The van der Waals surface area contributed by atoms with Gasteiger partial charge in [0.25, 0.3) is 0 Å². The molecule has 1 unspecified atom stereocenters. The summed E-state index contributed by atoms with van der Waals surface area (Å²) in [6.45, 7) is 7.49. The summed E-state index contributed by atoms with van der Waals surface area (Å²) in [5.74, 6) is 0.0710. The van der Waals surface area contributed by atoms with E-state index >= 15 is 0 Å². The number of hydrogen-bond donors (Lipinski definition) is 2. The number of hydrogen-bond acceptors (Lipinski definition) is 3. The van der Waals surface area contributed by atoms with E-state index in [-0.39, 0.29) is 11.9 Å². The van der Waals surface area contributed by atoms with Gasteiger partial charge in [-0.25, -0.2) is 0 Å². The van der Waals surface area contributed by atoms with Crippen LogP contribution in [0.3, 0.4) is 0 Å². The van der Waals surface area contributed by atoms with Crippen LogP contribution in [0.25, 0.3) is 0 Å². The van der Waals surface area contributed by atoms with Gasteiger partial charge in [-0.3, -0.25) is 4.79 Å². The van der Waals surface area contributed by atoms with E-state index in [1.807, 2.05) is 13.8 Å². The summed E-state index contributed by atoms with van der Waals surface area (Å²) < 4.78 is 0. The molecule has 0 bridgehead atoms. The Balaban J connectivity index is 3.53. The highest BCUT2D eigenvalue weighted by molar-refractivity contribution is 5.78. The Morgan fingerprint density at radius 2 is 1.87 bits per heavy atom. The molecule has 0 aromatic carbocycles. The third kappa shape index (κ3) is 9.69. The summed E-state index contributed by atoms with van der Waals surface area (Å²) in [5, 5.41) is 6.06. The minimum absolute atomic E-state index is 0.0710. The van der Waals surface area contributed by atoms with Gasteiger partial charge in [0.15, 0.2) is 0 Å². The van der Waals surface area contributed by atoms with E-state index in [9.17, 15) is 4.79 Å². The molecule has 0 aliphatic heterocycles. The number of carbonyl (C=O) groups excluding carboxylic acids is 1. The average Bonchev–Trinajstić information content (AvgIpc) is 2.10. The molecule has 0 aromatic rings. The first-order valence-corrected chi connectivity index (χ1v) is 5.59. The molecule has 0 radical (unpaired) electrons. The van der Waals surface area contributed by atoms with Crippen molar-refractivity contribution >= 4 is 5.91 Å². The number of nitrogens with zero attached hydrogens (tertiary/aromatic N) is 1. The largest absolute Gasteiger partial charge is 0.353 e. The summed E-state index contributed by atoms with van der Waals surface area (Å²) in [5.41, 5.74) is 0. The first-order valence-electron chi connectivity index (χ1n) is 5.59. The molecule has 1 atom stereocenters. The first-order chi connectivity index (χ1) is 6.91. The number of carbonyl (C=O) groups is 1. The van der Waals surface area contributed by atoms with Crippen molar-refractivity contribution in [1.82, 2.24) is 15.5 Å². The van der Waals surface area contributed by atoms with Crippen LogP contribution in [0.5, 0.6) is 0 Å². The third-order valence-electron chi connectivity index (χ3n) is 2.07. The highest BCUT2D eigenvalue weighted by Crippen LogP contribution is 1.91. The second-order valence-electron chi connectivity index (χ2n) is 4.60. The molecule has 1 amide bonds. The van der Waals surface area contributed by atoms with Crippen LogP contribution >= 0.6 is 0 Å². The van der Waals surface area contributed by atoms with E-state index in [1.54, 1.807) is 0 Å². The normalized spacial score (nSPS) is 13.3. The zero-order valence-electron chi connectivity index (χ0n) is 10.6. The Morgan fingerprint density at radius 3 is 2.33 bits per heavy atom. The molecule has 0 aliphatic rings. The topological polar surface area (TPSA) is 44.4 Å². The maximum Gasteiger partial charge on any atom is 0.234 e. The van der Waals surface area contributed by atoms with Gasteiger partial charge in [0, 0.05) is 12.1 Å². The number of amides is 1. The SMILES string of the molecule is CC(C)NC(=O)CNC(C)CCN(C)C. The Morgan fingerprint density at radius 1 is 1.27 bits per heavy atom. The van der Waals surface area contributed by atoms with Crippen molar-refractivity contribution in [3.63, 3.8) is 0 Å². The maximum atomic E-state index is 11.3. The van der Waals surface area contributed by atoms with Gasteiger partial charge < -0.3 is 15.5 Å². The van der Waals surface area contributed by atoms with E-state index in [0.29, 0.717) is 12.6 Å². The summed E-state index contributed by atoms with van der Waals surface area (Å²) in [6, 6.07) is 0.599. The maximum absolute atomic E-state index is 11.3. The molecule has 0 saturated heterocycles. The van der Waals surface area contributed by atoms with Crippen molar-refractivity contribution < 1.29 is 4.79 Å². The van der Waals surface area contributed by atoms with E-state index in [4.69, 9.17) is 0 Å². The first kappa shape index (κ1) is 14.4.